The predicted molar refractivity (Wildman–Crippen MR) is 110 cm³/mol. The molecule has 6 heteroatoms. The third-order valence-electron chi connectivity index (χ3n) is 4.22. The minimum Gasteiger partial charge on any atom is -0.462 e. The second-order valence-corrected chi connectivity index (χ2v) is 7.54. The van der Waals surface area contributed by atoms with Gasteiger partial charge < -0.3 is 9.15 Å². The van der Waals surface area contributed by atoms with Crippen LogP contribution in [-0.2, 0) is 4.74 Å². The van der Waals surface area contributed by atoms with Crippen molar-refractivity contribution in [2.24, 2.45) is 0 Å². The third kappa shape index (κ3) is 3.51. The Labute approximate surface area is 171 Å². The van der Waals surface area contributed by atoms with Crippen LogP contribution in [-0.4, -0.2) is 18.4 Å². The number of benzene rings is 2. The number of hydrogen-bond acceptors (Lipinski definition) is 5. The summed E-state index contributed by atoms with van der Waals surface area (Å²) in [5, 5.41) is 0.321. The van der Waals surface area contributed by atoms with Crippen molar-refractivity contribution in [1.29, 1.82) is 0 Å². The molecule has 0 N–H and O–H groups in total. The molecule has 0 radical (unpaired) electrons. The molecule has 0 spiro atoms. The van der Waals surface area contributed by atoms with Crippen LogP contribution in [0.25, 0.3) is 17.4 Å². The number of carbonyl (C=O) groups excluding carboxylic acids is 2. The predicted octanol–water partition coefficient (Wildman–Crippen LogP) is 6.11. The number of thioether (sulfide) groups is 1. The molecule has 4 nitrogen and oxygen atoms in total. The Kier molecular flexibility index (Phi) is 5.11. The fourth-order valence-corrected chi connectivity index (χ4v) is 4.12. The van der Waals surface area contributed by atoms with Crippen molar-refractivity contribution in [3.05, 3.63) is 81.4 Å². The zero-order chi connectivity index (χ0) is 19.7. The van der Waals surface area contributed by atoms with E-state index in [1.165, 1.54) is 11.8 Å². The fraction of sp³-hybridized carbons (Fsp3) is 0.0909. The van der Waals surface area contributed by atoms with E-state index < -0.39 is 5.97 Å². The zero-order valence-corrected chi connectivity index (χ0v) is 16.5. The van der Waals surface area contributed by atoms with E-state index in [0.717, 1.165) is 4.90 Å². The van der Waals surface area contributed by atoms with Gasteiger partial charge in [-0.1, -0.05) is 35.5 Å². The molecular weight excluding hydrogens is 396 g/mol. The first-order valence-corrected chi connectivity index (χ1v) is 9.86. The summed E-state index contributed by atoms with van der Waals surface area (Å²) in [6, 6.07) is 16.1. The van der Waals surface area contributed by atoms with Crippen LogP contribution in [0.4, 0.5) is 0 Å². The Morgan fingerprint density at radius 1 is 1.18 bits per heavy atom. The second kappa shape index (κ2) is 7.70. The first-order chi connectivity index (χ1) is 13.6. The van der Waals surface area contributed by atoms with E-state index in [1.807, 2.05) is 24.3 Å². The average molecular weight is 411 g/mol. The first kappa shape index (κ1) is 18.6. The fourth-order valence-electron chi connectivity index (χ4n) is 2.89. The first-order valence-electron chi connectivity index (χ1n) is 8.67. The van der Waals surface area contributed by atoms with E-state index in [4.69, 9.17) is 20.8 Å². The summed E-state index contributed by atoms with van der Waals surface area (Å²) in [7, 11) is 0. The van der Waals surface area contributed by atoms with Crippen molar-refractivity contribution in [2.75, 3.05) is 6.61 Å². The Morgan fingerprint density at radius 2 is 2.00 bits per heavy atom. The molecule has 0 unspecified atom stereocenters. The van der Waals surface area contributed by atoms with E-state index in [9.17, 15) is 9.59 Å². The molecule has 1 aromatic heterocycles. The van der Waals surface area contributed by atoms with Gasteiger partial charge in [0.15, 0.2) is 0 Å². The molecular formula is C22H15ClO4S. The number of ether oxygens (including phenoxy) is 1. The van der Waals surface area contributed by atoms with E-state index in [0.29, 0.717) is 32.6 Å². The van der Waals surface area contributed by atoms with Gasteiger partial charge in [-0.15, -0.1) is 0 Å². The molecule has 0 atom stereocenters. The minimum atomic E-state index is -0.478. The van der Waals surface area contributed by atoms with Crippen molar-refractivity contribution in [3.63, 3.8) is 0 Å². The van der Waals surface area contributed by atoms with Gasteiger partial charge in [0.2, 0.25) is 5.78 Å². The SMILES string of the molecule is CCOC(=O)c1cc(-c2ccc(C=C3Sc4ccccc4C3=O)o2)ccc1Cl. The molecule has 1 aliphatic rings. The molecule has 0 bridgehead atoms. The van der Waals surface area contributed by atoms with Crippen LogP contribution in [0.1, 0.15) is 33.4 Å². The lowest BCUT2D eigenvalue weighted by Gasteiger charge is -2.06. The Bertz CT molecular complexity index is 1110. The molecule has 140 valence electrons. The van der Waals surface area contributed by atoms with Crippen molar-refractivity contribution in [2.45, 2.75) is 11.8 Å². The van der Waals surface area contributed by atoms with E-state index in [-0.39, 0.29) is 18.0 Å². The molecule has 2 aromatic carbocycles. The van der Waals surface area contributed by atoms with E-state index in [1.54, 1.807) is 43.3 Å². The Hall–Kier alpha value is -2.76. The van der Waals surface area contributed by atoms with Gasteiger partial charge in [0.1, 0.15) is 11.5 Å². The highest BCUT2D eigenvalue weighted by atomic mass is 35.5. The maximum Gasteiger partial charge on any atom is 0.339 e. The summed E-state index contributed by atoms with van der Waals surface area (Å²) in [4.78, 5) is 26.1. The molecule has 0 saturated carbocycles. The zero-order valence-electron chi connectivity index (χ0n) is 14.9. The number of Topliss-reactive ketones (excluding diaryl/α,β-unsaturated/α-hetero) is 1. The summed E-state index contributed by atoms with van der Waals surface area (Å²) < 4.78 is 10.9. The molecule has 1 aliphatic heterocycles. The summed E-state index contributed by atoms with van der Waals surface area (Å²) >= 11 is 7.54. The van der Waals surface area contributed by atoms with Gasteiger partial charge in [0, 0.05) is 16.0 Å². The van der Waals surface area contributed by atoms with Crippen LogP contribution in [0.2, 0.25) is 5.02 Å². The third-order valence-corrected chi connectivity index (χ3v) is 5.65. The normalized spacial score (nSPS) is 14.4. The van der Waals surface area contributed by atoms with Crippen LogP contribution < -0.4 is 0 Å². The number of esters is 1. The van der Waals surface area contributed by atoms with E-state index >= 15 is 0 Å². The number of carbonyl (C=O) groups is 2. The van der Waals surface area contributed by atoms with Crippen LogP contribution in [0, 0.1) is 0 Å². The largest absolute Gasteiger partial charge is 0.462 e. The smallest absolute Gasteiger partial charge is 0.339 e. The molecule has 4 rings (SSSR count). The lowest BCUT2D eigenvalue weighted by Crippen LogP contribution is -2.05. The van der Waals surface area contributed by atoms with Gasteiger partial charge in [0.25, 0.3) is 0 Å². The number of ketones is 1. The highest BCUT2D eigenvalue weighted by Crippen LogP contribution is 2.41. The summed E-state index contributed by atoms with van der Waals surface area (Å²) in [6.07, 6.45) is 1.73. The molecule has 0 aliphatic carbocycles. The highest BCUT2D eigenvalue weighted by Gasteiger charge is 2.25. The van der Waals surface area contributed by atoms with E-state index in [2.05, 4.69) is 0 Å². The van der Waals surface area contributed by atoms with Gasteiger partial charge in [-0.2, -0.15) is 0 Å². The quantitative estimate of drug-likeness (QED) is 0.384. The number of furan rings is 1. The molecule has 28 heavy (non-hydrogen) atoms. The number of hydrogen-bond donors (Lipinski definition) is 0. The number of fused-ring (bicyclic) bond motifs is 1. The molecule has 0 amide bonds. The lowest BCUT2D eigenvalue weighted by atomic mass is 10.1. The second-order valence-electron chi connectivity index (χ2n) is 6.05. The maximum atomic E-state index is 12.5. The van der Waals surface area contributed by atoms with Crippen LogP contribution >= 0.6 is 23.4 Å². The van der Waals surface area contributed by atoms with Crippen molar-refractivity contribution in [1.82, 2.24) is 0 Å². The molecule has 2 heterocycles. The molecule has 3 aromatic rings. The van der Waals surface area contributed by atoms with Gasteiger partial charge >= 0.3 is 5.97 Å². The highest BCUT2D eigenvalue weighted by molar-refractivity contribution is 8.04. The van der Waals surface area contributed by atoms with Crippen molar-refractivity contribution >= 4 is 41.2 Å². The van der Waals surface area contributed by atoms with Gasteiger partial charge in [-0.05, 0) is 55.5 Å². The molecule has 0 saturated heterocycles. The summed E-state index contributed by atoms with van der Waals surface area (Å²) in [5.41, 5.74) is 1.70. The van der Waals surface area contributed by atoms with Gasteiger partial charge in [-0.25, -0.2) is 4.79 Å². The van der Waals surface area contributed by atoms with Crippen LogP contribution in [0.15, 0.2) is 68.8 Å². The van der Waals surface area contributed by atoms with Crippen LogP contribution in [0.3, 0.4) is 0 Å². The van der Waals surface area contributed by atoms with Crippen molar-refractivity contribution in [3.8, 4) is 11.3 Å². The topological polar surface area (TPSA) is 56.5 Å². The number of rotatable bonds is 4. The van der Waals surface area contributed by atoms with Crippen LogP contribution in [0.5, 0.6) is 0 Å². The maximum absolute atomic E-state index is 12.5. The number of allylic oxidation sites excluding steroid dienone is 1. The molecule has 0 fully saturated rings. The summed E-state index contributed by atoms with van der Waals surface area (Å²) in [5.74, 6) is 0.650. The standard InChI is InChI=1S/C22H15ClO4S/c1-2-26-22(25)16-11-13(7-9-17(16)23)18-10-8-14(27-18)12-20-21(24)15-5-3-4-6-19(15)28-20/h3-12H,2H2,1H3. The Morgan fingerprint density at radius 3 is 2.79 bits per heavy atom. The van der Waals surface area contributed by atoms with Gasteiger partial charge in [0.05, 0.1) is 22.1 Å². The van der Waals surface area contributed by atoms with Crippen molar-refractivity contribution < 1.29 is 18.7 Å². The van der Waals surface area contributed by atoms with Gasteiger partial charge in [-0.3, -0.25) is 4.79 Å². The monoisotopic (exact) mass is 410 g/mol. The lowest BCUT2D eigenvalue weighted by molar-refractivity contribution is 0.0526. The average Bonchev–Trinajstić information content (AvgIpc) is 3.28. The Balaban J connectivity index is 1.62. The minimum absolute atomic E-state index is 0.00496. The summed E-state index contributed by atoms with van der Waals surface area (Å²) in [6.45, 7) is 2.01. The number of halogens is 1.